The molecule has 2 aliphatic rings. The van der Waals surface area contributed by atoms with E-state index in [0.717, 1.165) is 11.0 Å². The summed E-state index contributed by atoms with van der Waals surface area (Å²) in [7, 11) is 0. The highest BCUT2D eigenvalue weighted by molar-refractivity contribution is 6.33. The Kier molecular flexibility index (Phi) is 5.28. The third-order valence-electron chi connectivity index (χ3n) is 5.43. The van der Waals surface area contributed by atoms with Crippen molar-refractivity contribution in [1.29, 1.82) is 5.26 Å². The lowest BCUT2D eigenvalue weighted by Gasteiger charge is -2.50. The van der Waals surface area contributed by atoms with E-state index in [1.807, 2.05) is 0 Å². The van der Waals surface area contributed by atoms with Crippen molar-refractivity contribution in [2.45, 2.75) is 38.0 Å². The van der Waals surface area contributed by atoms with Crippen LogP contribution >= 0.6 is 11.6 Å². The van der Waals surface area contributed by atoms with Crippen LogP contribution in [0, 0.1) is 22.7 Å². The molecule has 0 fully saturated rings. The predicted octanol–water partition coefficient (Wildman–Crippen LogP) is 6.04. The van der Waals surface area contributed by atoms with E-state index >= 15 is 0 Å². The molecule has 0 unspecified atom stereocenters. The maximum Gasteiger partial charge on any atom is 0.408 e. The lowest BCUT2D eigenvalue weighted by molar-refractivity contribution is -0.339. The number of hydrogen-bond acceptors (Lipinski definition) is 3. The summed E-state index contributed by atoms with van der Waals surface area (Å²) < 4.78 is 85.1. The third kappa shape index (κ3) is 3.05. The molecule has 2 N–H and O–H groups in total. The molecule has 1 aliphatic carbocycles. The summed E-state index contributed by atoms with van der Waals surface area (Å²) in [5.74, 6) is -2.97. The van der Waals surface area contributed by atoms with E-state index in [9.17, 15) is 31.6 Å². The fourth-order valence-electron chi connectivity index (χ4n) is 4.23. The number of allylic oxidation sites excluding steroid dienone is 3. The van der Waals surface area contributed by atoms with Crippen LogP contribution in [-0.4, -0.2) is 12.4 Å². The summed E-state index contributed by atoms with van der Waals surface area (Å²) in [4.78, 5) is 1.06. The average molecular weight is 436 g/mol. The number of anilines is 1. The highest BCUT2D eigenvalue weighted by Gasteiger charge is 2.78. The molecular weight excluding hydrogens is 420 g/mol. The molecule has 0 aromatic heterocycles. The Morgan fingerprint density at radius 1 is 1.10 bits per heavy atom. The van der Waals surface area contributed by atoms with Crippen LogP contribution in [-0.2, 0) is 0 Å². The zero-order chi connectivity index (χ0) is 21.6. The van der Waals surface area contributed by atoms with E-state index in [1.54, 1.807) is 6.07 Å². The van der Waals surface area contributed by atoms with Gasteiger partial charge in [-0.2, -0.15) is 31.6 Å². The minimum Gasteiger partial charge on any atom is -0.384 e. The normalized spacial score (nSPS) is 22.5. The molecular formula is C19H16ClF6N3. The molecule has 0 bridgehead atoms. The second-order valence-corrected chi connectivity index (χ2v) is 7.34. The van der Waals surface area contributed by atoms with Gasteiger partial charge in [0.2, 0.25) is 5.41 Å². The van der Waals surface area contributed by atoms with Crippen LogP contribution < -0.4 is 10.6 Å². The first-order valence-electron chi connectivity index (χ1n) is 8.77. The standard InChI is InChI=1S/C19H16ClF6N3/c20-13-7-4-5-9-15(13)29-14-8-3-1-2-6-11(14)17(18(21,22)23,19(24,25)26)12(10-27)16(29)28/h4-5,7-9,11H,1-3,6,28H2/t11-/m0/s1. The van der Waals surface area contributed by atoms with Crippen molar-refractivity contribution in [3.05, 3.63) is 52.5 Å². The van der Waals surface area contributed by atoms with Crippen LogP contribution in [0.1, 0.15) is 25.7 Å². The quantitative estimate of drug-likeness (QED) is 0.547. The number of nitrogens with two attached hydrogens (primary N) is 1. The van der Waals surface area contributed by atoms with Crippen molar-refractivity contribution >= 4 is 17.3 Å². The smallest absolute Gasteiger partial charge is 0.384 e. The number of hydrogen-bond donors (Lipinski definition) is 1. The Balaban J connectivity index is 2.45. The van der Waals surface area contributed by atoms with Crippen LogP contribution in [0.2, 0.25) is 5.02 Å². The number of para-hydroxylation sites is 1. The third-order valence-corrected chi connectivity index (χ3v) is 5.75. The highest BCUT2D eigenvalue weighted by Crippen LogP contribution is 2.65. The monoisotopic (exact) mass is 435 g/mol. The van der Waals surface area contributed by atoms with E-state index in [2.05, 4.69) is 0 Å². The summed E-state index contributed by atoms with van der Waals surface area (Å²) in [5, 5.41) is 9.54. The lowest BCUT2D eigenvalue weighted by atomic mass is 9.63. The lowest BCUT2D eigenvalue weighted by Crippen LogP contribution is -2.61. The molecule has 156 valence electrons. The van der Waals surface area contributed by atoms with Crippen molar-refractivity contribution in [3.8, 4) is 6.07 Å². The summed E-state index contributed by atoms with van der Waals surface area (Å²) in [6.45, 7) is 0. The predicted molar refractivity (Wildman–Crippen MR) is 95.3 cm³/mol. The number of alkyl halides is 6. The molecule has 3 rings (SSSR count). The van der Waals surface area contributed by atoms with Gasteiger partial charge < -0.3 is 5.73 Å². The Labute approximate surface area is 168 Å². The Bertz CT molecular complexity index is 896. The van der Waals surface area contributed by atoms with Gasteiger partial charge in [-0.05, 0) is 31.4 Å². The van der Waals surface area contributed by atoms with Gasteiger partial charge in [0.1, 0.15) is 5.82 Å². The molecule has 0 radical (unpaired) electrons. The molecule has 1 aliphatic heterocycles. The van der Waals surface area contributed by atoms with Gasteiger partial charge in [0, 0.05) is 11.6 Å². The van der Waals surface area contributed by atoms with E-state index in [1.165, 1.54) is 24.3 Å². The van der Waals surface area contributed by atoms with Gasteiger partial charge >= 0.3 is 12.4 Å². The second kappa shape index (κ2) is 7.17. The number of fused-ring (bicyclic) bond motifs is 1. The van der Waals surface area contributed by atoms with Crippen molar-refractivity contribution in [2.24, 2.45) is 17.1 Å². The zero-order valence-electron chi connectivity index (χ0n) is 14.9. The molecule has 1 heterocycles. The van der Waals surface area contributed by atoms with Gasteiger partial charge in [-0.25, -0.2) is 0 Å². The van der Waals surface area contributed by atoms with Gasteiger partial charge in [-0.3, -0.25) is 4.90 Å². The summed E-state index contributed by atoms with van der Waals surface area (Å²) in [6.07, 6.45) is -9.76. The van der Waals surface area contributed by atoms with Crippen molar-refractivity contribution < 1.29 is 26.3 Å². The minimum atomic E-state index is -5.78. The van der Waals surface area contributed by atoms with Crippen molar-refractivity contribution in [2.75, 3.05) is 4.90 Å². The molecule has 10 heteroatoms. The average Bonchev–Trinajstić information content (AvgIpc) is 2.85. The van der Waals surface area contributed by atoms with Crippen LogP contribution in [0.3, 0.4) is 0 Å². The van der Waals surface area contributed by atoms with Crippen LogP contribution in [0.4, 0.5) is 32.0 Å². The second-order valence-electron chi connectivity index (χ2n) is 6.93. The number of nitrogens with zero attached hydrogens (tertiary/aromatic N) is 2. The van der Waals surface area contributed by atoms with Gasteiger partial charge in [-0.1, -0.05) is 36.2 Å². The van der Waals surface area contributed by atoms with Crippen LogP contribution in [0.15, 0.2) is 47.4 Å². The van der Waals surface area contributed by atoms with Gasteiger partial charge in [0.05, 0.1) is 22.4 Å². The summed E-state index contributed by atoms with van der Waals surface area (Å²) >= 11 is 6.16. The number of nitriles is 1. The first-order chi connectivity index (χ1) is 13.5. The first-order valence-corrected chi connectivity index (χ1v) is 9.14. The van der Waals surface area contributed by atoms with Gasteiger partial charge in [-0.15, -0.1) is 0 Å². The molecule has 1 aromatic carbocycles. The molecule has 0 spiro atoms. The SMILES string of the molecule is N#CC1=C(N)N(c2ccccc2Cl)C2=CCCCC[C@@H]2C1(C(F)(F)F)C(F)(F)F. The number of benzene rings is 1. The molecule has 3 nitrogen and oxygen atoms in total. The van der Waals surface area contributed by atoms with E-state index in [4.69, 9.17) is 17.3 Å². The topological polar surface area (TPSA) is 53.1 Å². The van der Waals surface area contributed by atoms with Crippen LogP contribution in [0.5, 0.6) is 0 Å². The molecule has 0 amide bonds. The Hall–Kier alpha value is -2.34. The summed E-state index contributed by atoms with van der Waals surface area (Å²) in [6, 6.07) is 7.10. The van der Waals surface area contributed by atoms with E-state index in [0.29, 0.717) is 6.42 Å². The van der Waals surface area contributed by atoms with Crippen LogP contribution in [0.25, 0.3) is 0 Å². The summed E-state index contributed by atoms with van der Waals surface area (Å²) in [5.41, 5.74) is -0.205. The fraction of sp³-hybridized carbons (Fsp3) is 0.421. The highest BCUT2D eigenvalue weighted by atomic mass is 35.5. The molecule has 1 aromatic rings. The molecule has 0 saturated carbocycles. The fourth-order valence-corrected chi connectivity index (χ4v) is 4.45. The van der Waals surface area contributed by atoms with Gasteiger partial charge in [0.25, 0.3) is 0 Å². The number of rotatable bonds is 1. The Morgan fingerprint density at radius 3 is 2.28 bits per heavy atom. The maximum atomic E-state index is 14.2. The largest absolute Gasteiger partial charge is 0.408 e. The van der Waals surface area contributed by atoms with E-state index < -0.39 is 41.5 Å². The molecule has 0 saturated heterocycles. The number of halogens is 7. The first kappa shape index (κ1) is 21.4. The van der Waals surface area contributed by atoms with Crippen molar-refractivity contribution in [3.63, 3.8) is 0 Å². The molecule has 1 atom stereocenters. The van der Waals surface area contributed by atoms with Crippen molar-refractivity contribution in [1.82, 2.24) is 0 Å². The maximum absolute atomic E-state index is 14.2. The zero-order valence-corrected chi connectivity index (χ0v) is 15.7. The Morgan fingerprint density at radius 2 is 1.72 bits per heavy atom. The van der Waals surface area contributed by atoms with Gasteiger partial charge in [0.15, 0.2) is 0 Å². The van der Waals surface area contributed by atoms with E-state index in [-0.39, 0.29) is 29.2 Å². The molecule has 29 heavy (non-hydrogen) atoms. The minimum absolute atomic E-state index is 0.0863.